The highest BCUT2D eigenvalue weighted by Crippen LogP contribution is 2.25. The summed E-state index contributed by atoms with van der Waals surface area (Å²) in [6.07, 6.45) is 1.46. The molecule has 0 spiro atoms. The molecule has 9 nitrogen and oxygen atoms in total. The third-order valence-corrected chi connectivity index (χ3v) is 4.59. The first-order valence-corrected chi connectivity index (χ1v) is 8.99. The molecule has 1 N–H and O–H groups in total. The Morgan fingerprint density at radius 3 is 2.85 bits per heavy atom. The van der Waals surface area contributed by atoms with Gasteiger partial charge in [-0.2, -0.15) is 0 Å². The van der Waals surface area contributed by atoms with Gasteiger partial charge in [0.25, 0.3) is 5.69 Å². The van der Waals surface area contributed by atoms with Crippen LogP contribution in [0.5, 0.6) is 0 Å². The molecule has 1 aromatic heterocycles. The molecular weight excluding hydrogens is 350 g/mol. The zero-order chi connectivity index (χ0) is 19.8. The number of aromatic amines is 1. The average molecular weight is 375 g/mol. The summed E-state index contributed by atoms with van der Waals surface area (Å²) < 4.78 is 5.46. The number of fused-ring (bicyclic) bond motifs is 1. The van der Waals surface area contributed by atoms with Gasteiger partial charge in [0.1, 0.15) is 5.60 Å². The van der Waals surface area contributed by atoms with Crippen molar-refractivity contribution in [2.45, 2.75) is 45.3 Å². The summed E-state index contributed by atoms with van der Waals surface area (Å²) in [5, 5.41) is 10.9. The van der Waals surface area contributed by atoms with Crippen LogP contribution in [0.25, 0.3) is 11.0 Å². The van der Waals surface area contributed by atoms with Crippen molar-refractivity contribution >= 4 is 28.8 Å². The molecule has 1 fully saturated rings. The molecule has 1 aromatic carbocycles. The number of anilines is 1. The Balaban J connectivity index is 1.75. The van der Waals surface area contributed by atoms with Crippen molar-refractivity contribution in [2.24, 2.45) is 0 Å². The summed E-state index contributed by atoms with van der Waals surface area (Å²) in [5.74, 6) is 0.660. The van der Waals surface area contributed by atoms with Crippen molar-refractivity contribution in [3.63, 3.8) is 0 Å². The Morgan fingerprint density at radius 1 is 1.44 bits per heavy atom. The minimum Gasteiger partial charge on any atom is -0.444 e. The van der Waals surface area contributed by atoms with Crippen LogP contribution in [0.2, 0.25) is 0 Å². The number of aromatic nitrogens is 2. The summed E-state index contributed by atoms with van der Waals surface area (Å²) in [6, 6.07) is 4.58. The lowest BCUT2D eigenvalue weighted by molar-refractivity contribution is -0.384. The zero-order valence-electron chi connectivity index (χ0n) is 16.1. The van der Waals surface area contributed by atoms with Crippen molar-refractivity contribution in [1.82, 2.24) is 14.9 Å². The number of hydrogen-bond acceptors (Lipinski definition) is 6. The number of nitro benzene ring substituents is 1. The molecule has 2 heterocycles. The van der Waals surface area contributed by atoms with Crippen LogP contribution < -0.4 is 4.90 Å². The first kappa shape index (κ1) is 18.9. The van der Waals surface area contributed by atoms with E-state index in [-0.39, 0.29) is 17.8 Å². The lowest BCUT2D eigenvalue weighted by Gasteiger charge is -2.37. The van der Waals surface area contributed by atoms with Crippen LogP contribution in [0.3, 0.4) is 0 Å². The largest absolute Gasteiger partial charge is 0.444 e. The van der Waals surface area contributed by atoms with E-state index >= 15 is 0 Å². The zero-order valence-corrected chi connectivity index (χ0v) is 16.1. The van der Waals surface area contributed by atoms with Gasteiger partial charge >= 0.3 is 6.09 Å². The predicted molar refractivity (Wildman–Crippen MR) is 102 cm³/mol. The number of benzene rings is 1. The molecular formula is C18H25N5O4. The van der Waals surface area contributed by atoms with Crippen LogP contribution in [0, 0.1) is 10.1 Å². The number of piperidine rings is 1. The number of carbonyl (C=O) groups excluding carboxylic acids is 1. The van der Waals surface area contributed by atoms with E-state index in [1.54, 1.807) is 18.0 Å². The standard InChI is InChI=1S/C18H25N5O4/c1-18(2,3)27-17(24)21(4)13-6-5-9-22(11-13)16-19-14-8-7-12(23(25)26)10-15(14)20-16/h7-8,10,13H,5-6,9,11H2,1-4H3,(H,19,20)/t13-/m0/s1. The smallest absolute Gasteiger partial charge is 0.410 e. The molecule has 3 rings (SSSR count). The highest BCUT2D eigenvalue weighted by molar-refractivity contribution is 5.80. The van der Waals surface area contributed by atoms with Gasteiger partial charge in [0.05, 0.1) is 22.0 Å². The maximum atomic E-state index is 12.3. The first-order chi connectivity index (χ1) is 12.6. The van der Waals surface area contributed by atoms with Gasteiger partial charge in [-0.15, -0.1) is 0 Å². The number of nitrogens with zero attached hydrogens (tertiary/aromatic N) is 4. The van der Waals surface area contributed by atoms with Crippen LogP contribution in [0.1, 0.15) is 33.6 Å². The van der Waals surface area contributed by atoms with E-state index in [9.17, 15) is 14.9 Å². The normalized spacial score (nSPS) is 17.8. The maximum Gasteiger partial charge on any atom is 0.410 e. The quantitative estimate of drug-likeness (QED) is 0.652. The van der Waals surface area contributed by atoms with E-state index in [1.807, 2.05) is 20.8 Å². The Labute approximate surface area is 157 Å². The monoisotopic (exact) mass is 375 g/mol. The molecule has 1 amide bonds. The molecule has 1 saturated heterocycles. The second kappa shape index (κ2) is 7.05. The van der Waals surface area contributed by atoms with Gasteiger partial charge in [-0.3, -0.25) is 10.1 Å². The number of rotatable bonds is 3. The second-order valence-corrected chi connectivity index (χ2v) is 7.85. The van der Waals surface area contributed by atoms with Gasteiger partial charge in [-0.05, 0) is 39.7 Å². The molecule has 0 saturated carbocycles. The Bertz CT molecular complexity index is 857. The van der Waals surface area contributed by atoms with Crippen LogP contribution in [-0.4, -0.2) is 57.7 Å². The number of H-pyrrole nitrogens is 1. The second-order valence-electron chi connectivity index (χ2n) is 7.85. The first-order valence-electron chi connectivity index (χ1n) is 8.99. The molecule has 2 aromatic rings. The molecule has 27 heavy (non-hydrogen) atoms. The third kappa shape index (κ3) is 4.29. The van der Waals surface area contributed by atoms with Crippen molar-refractivity contribution in [3.8, 4) is 0 Å². The van der Waals surface area contributed by atoms with Crippen molar-refractivity contribution in [3.05, 3.63) is 28.3 Å². The lowest BCUT2D eigenvalue weighted by atomic mass is 10.1. The SMILES string of the molecule is CN(C(=O)OC(C)(C)C)[C@H]1CCCN(c2nc3ccc([N+](=O)[O-])cc3[nH]2)C1. The highest BCUT2D eigenvalue weighted by Gasteiger charge is 2.30. The summed E-state index contributed by atoms with van der Waals surface area (Å²) in [4.78, 5) is 34.3. The fourth-order valence-corrected chi connectivity index (χ4v) is 3.19. The fourth-order valence-electron chi connectivity index (χ4n) is 3.19. The van der Waals surface area contributed by atoms with Gasteiger partial charge in [0.2, 0.25) is 5.95 Å². The van der Waals surface area contributed by atoms with Crippen molar-refractivity contribution in [1.29, 1.82) is 0 Å². The summed E-state index contributed by atoms with van der Waals surface area (Å²) in [6.45, 7) is 6.97. The average Bonchev–Trinajstić information content (AvgIpc) is 3.03. The summed E-state index contributed by atoms with van der Waals surface area (Å²) in [7, 11) is 1.75. The maximum absolute atomic E-state index is 12.3. The van der Waals surface area contributed by atoms with Gasteiger partial charge in [-0.1, -0.05) is 0 Å². The Morgan fingerprint density at radius 2 is 2.19 bits per heavy atom. The number of imidazole rings is 1. The fraction of sp³-hybridized carbons (Fsp3) is 0.556. The van der Waals surface area contributed by atoms with Crippen molar-refractivity contribution in [2.75, 3.05) is 25.0 Å². The third-order valence-electron chi connectivity index (χ3n) is 4.59. The van der Waals surface area contributed by atoms with E-state index in [0.29, 0.717) is 23.5 Å². The predicted octanol–water partition coefficient (Wildman–Crippen LogP) is 3.31. The Hall–Kier alpha value is -2.84. The van der Waals surface area contributed by atoms with Crippen LogP contribution in [-0.2, 0) is 4.74 Å². The molecule has 9 heteroatoms. The molecule has 1 atom stereocenters. The summed E-state index contributed by atoms with van der Waals surface area (Å²) >= 11 is 0. The van der Waals surface area contributed by atoms with E-state index in [2.05, 4.69) is 14.9 Å². The number of amides is 1. The molecule has 0 radical (unpaired) electrons. The van der Waals surface area contributed by atoms with E-state index in [4.69, 9.17) is 4.74 Å². The molecule has 1 aliphatic heterocycles. The minimum atomic E-state index is -0.535. The number of hydrogen-bond donors (Lipinski definition) is 1. The van der Waals surface area contributed by atoms with E-state index < -0.39 is 10.5 Å². The Kier molecular flexibility index (Phi) is 4.95. The minimum absolute atomic E-state index is 0.0103. The molecule has 146 valence electrons. The molecule has 0 aliphatic carbocycles. The van der Waals surface area contributed by atoms with Gasteiger partial charge < -0.3 is 19.5 Å². The number of nitrogens with one attached hydrogen (secondary N) is 1. The number of carbonyl (C=O) groups is 1. The van der Waals surface area contributed by atoms with Crippen LogP contribution in [0.15, 0.2) is 18.2 Å². The number of non-ortho nitro benzene ring substituents is 1. The van der Waals surface area contributed by atoms with Crippen LogP contribution >= 0.6 is 0 Å². The number of likely N-dealkylation sites (N-methyl/N-ethyl adjacent to an activating group) is 1. The lowest BCUT2D eigenvalue weighted by Crippen LogP contribution is -2.50. The summed E-state index contributed by atoms with van der Waals surface area (Å²) in [5.41, 5.74) is 0.798. The number of ether oxygens (including phenoxy) is 1. The highest BCUT2D eigenvalue weighted by atomic mass is 16.6. The van der Waals surface area contributed by atoms with Gasteiger partial charge in [-0.25, -0.2) is 9.78 Å². The van der Waals surface area contributed by atoms with Crippen molar-refractivity contribution < 1.29 is 14.5 Å². The molecule has 0 unspecified atom stereocenters. The van der Waals surface area contributed by atoms with Gasteiger partial charge in [0.15, 0.2) is 0 Å². The van der Waals surface area contributed by atoms with E-state index in [0.717, 1.165) is 19.4 Å². The van der Waals surface area contributed by atoms with Crippen LogP contribution in [0.4, 0.5) is 16.4 Å². The van der Waals surface area contributed by atoms with E-state index in [1.165, 1.54) is 12.1 Å². The molecule has 1 aliphatic rings. The number of nitro groups is 1. The van der Waals surface area contributed by atoms with Gasteiger partial charge in [0, 0.05) is 32.3 Å². The topological polar surface area (TPSA) is 105 Å². The molecule has 0 bridgehead atoms.